The first-order valence-corrected chi connectivity index (χ1v) is 9.72. The summed E-state index contributed by atoms with van der Waals surface area (Å²) >= 11 is 0. The lowest BCUT2D eigenvalue weighted by Crippen LogP contribution is -2.36. The van der Waals surface area contributed by atoms with Crippen LogP contribution in [-0.4, -0.2) is 42.6 Å². The minimum absolute atomic E-state index is 0.0704. The average Bonchev–Trinajstić information content (AvgIpc) is 3.19. The number of halogens is 1. The number of nitrogens with one attached hydrogen (secondary N) is 1. The van der Waals surface area contributed by atoms with Crippen LogP contribution in [-0.2, 0) is 5.54 Å². The molecule has 0 bridgehead atoms. The van der Waals surface area contributed by atoms with Gasteiger partial charge >= 0.3 is 0 Å². The molecule has 6 rings (SSSR count). The van der Waals surface area contributed by atoms with Crippen LogP contribution in [0.1, 0.15) is 28.9 Å². The molecule has 1 aliphatic heterocycles. The molecule has 1 N–H and O–H groups in total. The molecular formula is C22H17FN6O. The van der Waals surface area contributed by atoms with Gasteiger partial charge in [-0.3, -0.25) is 4.79 Å². The van der Waals surface area contributed by atoms with Crippen molar-refractivity contribution in [3.8, 4) is 28.3 Å². The number of carbonyl (C=O) groups excluding carboxylic acids is 1. The van der Waals surface area contributed by atoms with E-state index in [0.29, 0.717) is 17.2 Å². The van der Waals surface area contributed by atoms with Crippen LogP contribution in [0, 0.1) is 5.95 Å². The molecule has 1 saturated carbocycles. The first-order valence-electron chi connectivity index (χ1n) is 9.72. The summed E-state index contributed by atoms with van der Waals surface area (Å²) in [5.41, 5.74) is 4.37. The van der Waals surface area contributed by atoms with Crippen LogP contribution in [0.3, 0.4) is 0 Å². The number of hydrogen-bond acceptors (Lipinski definition) is 4. The summed E-state index contributed by atoms with van der Waals surface area (Å²) in [6.45, 7) is 0. The molecule has 148 valence electrons. The number of pyridine rings is 1. The predicted octanol–water partition coefficient (Wildman–Crippen LogP) is 3.54. The fourth-order valence-corrected chi connectivity index (χ4v) is 4.33. The van der Waals surface area contributed by atoms with Gasteiger partial charge in [-0.2, -0.15) is 9.49 Å². The number of carbonyl (C=O) groups is 1. The van der Waals surface area contributed by atoms with Crippen molar-refractivity contribution in [2.45, 2.75) is 18.4 Å². The molecule has 1 amide bonds. The molecule has 0 saturated heterocycles. The number of amides is 1. The van der Waals surface area contributed by atoms with E-state index in [1.165, 1.54) is 12.3 Å². The number of aromatic amines is 1. The fraction of sp³-hybridized carbons (Fsp3) is 0.182. The first-order chi connectivity index (χ1) is 14.6. The van der Waals surface area contributed by atoms with Crippen molar-refractivity contribution in [1.82, 2.24) is 29.6 Å². The Bertz CT molecular complexity index is 1290. The van der Waals surface area contributed by atoms with E-state index >= 15 is 0 Å². The second-order valence-electron chi connectivity index (χ2n) is 7.76. The molecule has 4 heterocycles. The standard InChI is InChI=1S/C22H17FN6O/c1-28-21(30)18-11-16(20-24-8-9-25-20)27-29(18)17-10-13(14-3-5-19(23)26-12-14)2-4-15(17)22(28)6-7-22/h2-5,8-12H,6-7H2,1H3,(H,24,25). The topological polar surface area (TPSA) is 79.7 Å². The van der Waals surface area contributed by atoms with E-state index in [1.807, 2.05) is 30.1 Å². The van der Waals surface area contributed by atoms with E-state index < -0.39 is 5.95 Å². The summed E-state index contributed by atoms with van der Waals surface area (Å²) in [7, 11) is 1.85. The van der Waals surface area contributed by atoms with Crippen LogP contribution in [0.4, 0.5) is 4.39 Å². The van der Waals surface area contributed by atoms with Crippen molar-refractivity contribution >= 4 is 5.91 Å². The highest BCUT2D eigenvalue weighted by atomic mass is 19.1. The molecule has 1 aromatic carbocycles. The van der Waals surface area contributed by atoms with Crippen LogP contribution >= 0.6 is 0 Å². The zero-order valence-corrected chi connectivity index (χ0v) is 16.1. The lowest BCUT2D eigenvalue weighted by molar-refractivity contribution is 0.0704. The number of fused-ring (bicyclic) bond motifs is 4. The summed E-state index contributed by atoms with van der Waals surface area (Å²) in [5.74, 6) is 0.0155. The maximum absolute atomic E-state index is 13.3. The van der Waals surface area contributed by atoms with Gasteiger partial charge in [-0.05, 0) is 36.6 Å². The van der Waals surface area contributed by atoms with Crippen LogP contribution < -0.4 is 0 Å². The predicted molar refractivity (Wildman–Crippen MR) is 107 cm³/mol. The summed E-state index contributed by atoms with van der Waals surface area (Å²) in [6, 6.07) is 10.9. The molecule has 1 aliphatic carbocycles. The number of imidazole rings is 1. The van der Waals surface area contributed by atoms with E-state index in [9.17, 15) is 9.18 Å². The fourth-order valence-electron chi connectivity index (χ4n) is 4.33. The van der Waals surface area contributed by atoms with Crippen LogP contribution in [0.25, 0.3) is 28.3 Å². The monoisotopic (exact) mass is 400 g/mol. The summed E-state index contributed by atoms with van der Waals surface area (Å²) in [5, 5.41) is 4.72. The van der Waals surface area contributed by atoms with Gasteiger partial charge in [-0.25, -0.2) is 14.6 Å². The maximum atomic E-state index is 13.3. The zero-order chi connectivity index (χ0) is 20.5. The van der Waals surface area contributed by atoms with Gasteiger partial charge in [-0.1, -0.05) is 12.1 Å². The Kier molecular flexibility index (Phi) is 3.33. The summed E-state index contributed by atoms with van der Waals surface area (Å²) < 4.78 is 15.0. The third kappa shape index (κ3) is 2.30. The van der Waals surface area contributed by atoms with Crippen molar-refractivity contribution in [3.63, 3.8) is 0 Å². The number of benzene rings is 1. The van der Waals surface area contributed by atoms with Gasteiger partial charge in [-0.15, -0.1) is 0 Å². The lowest BCUT2D eigenvalue weighted by Gasteiger charge is -2.27. The Balaban J connectivity index is 1.59. The Morgan fingerprint density at radius 3 is 2.63 bits per heavy atom. The van der Waals surface area contributed by atoms with Gasteiger partial charge in [0.15, 0.2) is 5.82 Å². The molecule has 1 fully saturated rings. The van der Waals surface area contributed by atoms with E-state index in [1.54, 1.807) is 29.2 Å². The van der Waals surface area contributed by atoms with Crippen molar-refractivity contribution in [2.24, 2.45) is 0 Å². The highest BCUT2D eigenvalue weighted by Crippen LogP contribution is 2.54. The summed E-state index contributed by atoms with van der Waals surface area (Å²) in [4.78, 5) is 26.2. The number of rotatable bonds is 2. The third-order valence-electron chi connectivity index (χ3n) is 6.13. The Morgan fingerprint density at radius 2 is 1.93 bits per heavy atom. The van der Waals surface area contributed by atoms with E-state index in [-0.39, 0.29) is 11.4 Å². The quantitative estimate of drug-likeness (QED) is 0.522. The Hall–Kier alpha value is -3.81. The van der Waals surface area contributed by atoms with Gasteiger partial charge in [0.25, 0.3) is 5.91 Å². The van der Waals surface area contributed by atoms with E-state index in [0.717, 1.165) is 35.2 Å². The summed E-state index contributed by atoms with van der Waals surface area (Å²) in [6.07, 6.45) is 6.71. The first kappa shape index (κ1) is 17.1. The third-order valence-corrected chi connectivity index (χ3v) is 6.13. The second kappa shape index (κ2) is 5.85. The molecule has 2 aliphatic rings. The molecule has 0 atom stereocenters. The molecule has 3 aromatic heterocycles. The van der Waals surface area contributed by atoms with Gasteiger partial charge in [0.05, 0.1) is 11.2 Å². The van der Waals surface area contributed by atoms with Crippen molar-refractivity contribution in [2.75, 3.05) is 7.05 Å². The largest absolute Gasteiger partial charge is 0.343 e. The minimum atomic E-state index is -0.518. The van der Waals surface area contributed by atoms with Crippen molar-refractivity contribution < 1.29 is 9.18 Å². The Morgan fingerprint density at radius 1 is 1.10 bits per heavy atom. The maximum Gasteiger partial charge on any atom is 0.273 e. The number of hydrogen-bond donors (Lipinski definition) is 1. The SMILES string of the molecule is CN1C(=O)c2cc(-c3ncc[nH]3)nn2-c2cc(-c3ccc(F)nc3)ccc2C12CC2. The molecule has 1 spiro atoms. The van der Waals surface area contributed by atoms with Crippen LogP contribution in [0.15, 0.2) is 55.0 Å². The number of aromatic nitrogens is 5. The van der Waals surface area contributed by atoms with Gasteiger partial charge < -0.3 is 9.88 Å². The zero-order valence-electron chi connectivity index (χ0n) is 16.1. The highest BCUT2D eigenvalue weighted by Gasteiger charge is 2.53. The van der Waals surface area contributed by atoms with Gasteiger partial charge in [0, 0.05) is 42.8 Å². The average molecular weight is 400 g/mol. The second-order valence-corrected chi connectivity index (χ2v) is 7.76. The number of H-pyrrole nitrogens is 1. The van der Waals surface area contributed by atoms with Crippen LogP contribution in [0.5, 0.6) is 0 Å². The molecule has 7 nitrogen and oxygen atoms in total. The van der Waals surface area contributed by atoms with Crippen molar-refractivity contribution in [1.29, 1.82) is 0 Å². The van der Waals surface area contributed by atoms with Crippen LogP contribution in [0.2, 0.25) is 0 Å². The smallest absolute Gasteiger partial charge is 0.273 e. The minimum Gasteiger partial charge on any atom is -0.343 e. The number of nitrogens with zero attached hydrogens (tertiary/aromatic N) is 5. The molecule has 0 radical (unpaired) electrons. The van der Waals surface area contributed by atoms with Crippen molar-refractivity contribution in [3.05, 3.63) is 72.2 Å². The molecular weight excluding hydrogens is 383 g/mol. The highest BCUT2D eigenvalue weighted by molar-refractivity contribution is 5.96. The molecule has 8 heteroatoms. The normalized spacial score (nSPS) is 16.3. The lowest BCUT2D eigenvalue weighted by atomic mass is 9.97. The Labute approximate surface area is 171 Å². The molecule has 4 aromatic rings. The van der Waals surface area contributed by atoms with Gasteiger partial charge in [0.2, 0.25) is 5.95 Å². The van der Waals surface area contributed by atoms with E-state index in [2.05, 4.69) is 15.0 Å². The molecule has 30 heavy (non-hydrogen) atoms. The van der Waals surface area contributed by atoms with Gasteiger partial charge in [0.1, 0.15) is 11.4 Å². The van der Waals surface area contributed by atoms with E-state index in [4.69, 9.17) is 5.10 Å². The molecule has 0 unspecified atom stereocenters.